The fourth-order valence-corrected chi connectivity index (χ4v) is 3.21. The Kier molecular flexibility index (Phi) is 2.73. The summed E-state index contributed by atoms with van der Waals surface area (Å²) >= 11 is 0. The molecule has 0 radical (unpaired) electrons. The molecule has 0 bridgehead atoms. The van der Waals surface area contributed by atoms with E-state index >= 15 is 0 Å². The van der Waals surface area contributed by atoms with Gasteiger partial charge in [-0.3, -0.25) is 5.10 Å². The van der Waals surface area contributed by atoms with Crippen LogP contribution in [0.5, 0.6) is 0 Å². The summed E-state index contributed by atoms with van der Waals surface area (Å²) in [6.45, 7) is 4.05. The average Bonchev–Trinajstić information content (AvgIpc) is 2.87. The highest BCUT2D eigenvalue weighted by Gasteiger charge is 2.27. The SMILES string of the molecule is Fc1ccc2c(c1)Cc1c(N3CCCNCC3)n[nH]c1-2. The average molecular weight is 272 g/mol. The molecule has 1 aromatic carbocycles. The van der Waals surface area contributed by atoms with E-state index in [9.17, 15) is 4.39 Å². The molecule has 1 aliphatic heterocycles. The van der Waals surface area contributed by atoms with Crippen molar-refractivity contribution in [2.45, 2.75) is 12.8 Å². The molecule has 1 aliphatic carbocycles. The van der Waals surface area contributed by atoms with Gasteiger partial charge in [0.2, 0.25) is 0 Å². The van der Waals surface area contributed by atoms with Crippen molar-refractivity contribution in [1.29, 1.82) is 0 Å². The van der Waals surface area contributed by atoms with E-state index in [-0.39, 0.29) is 5.82 Å². The van der Waals surface area contributed by atoms with Crippen LogP contribution in [0.3, 0.4) is 0 Å². The Bertz CT molecular complexity index is 641. The summed E-state index contributed by atoms with van der Waals surface area (Å²) in [4.78, 5) is 2.33. The van der Waals surface area contributed by atoms with Crippen LogP contribution in [-0.4, -0.2) is 36.4 Å². The van der Waals surface area contributed by atoms with E-state index in [1.807, 2.05) is 6.07 Å². The molecule has 4 rings (SSSR count). The molecule has 0 atom stereocenters. The fraction of sp³-hybridized carbons (Fsp3) is 0.400. The number of aromatic nitrogens is 2. The molecule has 2 aliphatic rings. The van der Waals surface area contributed by atoms with Gasteiger partial charge in [0.25, 0.3) is 0 Å². The lowest BCUT2D eigenvalue weighted by Gasteiger charge is -2.20. The highest BCUT2D eigenvalue weighted by atomic mass is 19.1. The second-order valence-corrected chi connectivity index (χ2v) is 5.47. The van der Waals surface area contributed by atoms with Gasteiger partial charge in [0.15, 0.2) is 5.82 Å². The molecular weight excluding hydrogens is 255 g/mol. The minimum absolute atomic E-state index is 0.164. The number of H-pyrrole nitrogens is 1. The van der Waals surface area contributed by atoms with Gasteiger partial charge in [-0.15, -0.1) is 0 Å². The van der Waals surface area contributed by atoms with Crippen LogP contribution < -0.4 is 10.2 Å². The molecule has 2 N–H and O–H groups in total. The number of nitrogens with one attached hydrogen (secondary N) is 2. The van der Waals surface area contributed by atoms with E-state index in [1.165, 1.54) is 11.6 Å². The maximum atomic E-state index is 13.4. The third-order valence-electron chi connectivity index (χ3n) is 4.19. The van der Waals surface area contributed by atoms with Crippen molar-refractivity contribution >= 4 is 5.82 Å². The maximum Gasteiger partial charge on any atom is 0.154 e. The van der Waals surface area contributed by atoms with Crippen molar-refractivity contribution in [1.82, 2.24) is 15.5 Å². The van der Waals surface area contributed by atoms with E-state index in [2.05, 4.69) is 20.4 Å². The minimum Gasteiger partial charge on any atom is -0.354 e. The van der Waals surface area contributed by atoms with Crippen LogP contribution in [0.1, 0.15) is 17.5 Å². The Labute approximate surface area is 117 Å². The molecule has 2 aromatic rings. The van der Waals surface area contributed by atoms with Crippen LogP contribution in [0.4, 0.5) is 10.2 Å². The summed E-state index contributed by atoms with van der Waals surface area (Å²) in [6, 6.07) is 5.00. The van der Waals surface area contributed by atoms with Gasteiger partial charge in [0.05, 0.1) is 5.69 Å². The van der Waals surface area contributed by atoms with Gasteiger partial charge in [0, 0.05) is 37.2 Å². The number of hydrogen-bond acceptors (Lipinski definition) is 3. The number of fused-ring (bicyclic) bond motifs is 3. The zero-order valence-corrected chi connectivity index (χ0v) is 11.2. The third kappa shape index (κ3) is 1.81. The molecule has 0 unspecified atom stereocenters. The number of anilines is 1. The number of hydrogen-bond donors (Lipinski definition) is 2. The first-order valence-corrected chi connectivity index (χ1v) is 7.14. The first-order valence-electron chi connectivity index (χ1n) is 7.14. The first-order chi connectivity index (χ1) is 9.83. The van der Waals surface area contributed by atoms with Gasteiger partial charge < -0.3 is 10.2 Å². The van der Waals surface area contributed by atoms with E-state index < -0.39 is 0 Å². The molecule has 0 spiro atoms. The Balaban J connectivity index is 1.71. The second-order valence-electron chi connectivity index (χ2n) is 5.47. The van der Waals surface area contributed by atoms with Gasteiger partial charge in [-0.05, 0) is 36.7 Å². The summed E-state index contributed by atoms with van der Waals surface area (Å²) < 4.78 is 13.4. The van der Waals surface area contributed by atoms with Crippen LogP contribution in [0.2, 0.25) is 0 Å². The van der Waals surface area contributed by atoms with E-state index in [0.717, 1.165) is 61.7 Å². The predicted octanol–water partition coefficient (Wildman–Crippen LogP) is 1.92. The van der Waals surface area contributed by atoms with Crippen LogP contribution in [0.25, 0.3) is 11.3 Å². The van der Waals surface area contributed by atoms with Crippen LogP contribution in [-0.2, 0) is 6.42 Å². The fourth-order valence-electron chi connectivity index (χ4n) is 3.21. The predicted molar refractivity (Wildman–Crippen MR) is 76.5 cm³/mol. The molecule has 0 saturated carbocycles. The topological polar surface area (TPSA) is 44.0 Å². The number of nitrogens with zero attached hydrogens (tertiary/aromatic N) is 2. The van der Waals surface area contributed by atoms with E-state index in [1.54, 1.807) is 6.07 Å². The molecular formula is C15H17FN4. The lowest BCUT2D eigenvalue weighted by Crippen LogP contribution is -2.28. The molecule has 1 fully saturated rings. The molecule has 104 valence electrons. The summed E-state index contributed by atoms with van der Waals surface area (Å²) in [7, 11) is 0. The maximum absolute atomic E-state index is 13.4. The molecule has 20 heavy (non-hydrogen) atoms. The molecule has 1 saturated heterocycles. The molecule has 1 aromatic heterocycles. The van der Waals surface area contributed by atoms with Crippen LogP contribution in [0, 0.1) is 5.82 Å². The van der Waals surface area contributed by atoms with Crippen molar-refractivity contribution in [2.75, 3.05) is 31.1 Å². The number of halogens is 1. The normalized spacial score (nSPS) is 17.8. The minimum atomic E-state index is -0.164. The van der Waals surface area contributed by atoms with Gasteiger partial charge in [-0.1, -0.05) is 0 Å². The highest BCUT2D eigenvalue weighted by Crippen LogP contribution is 2.40. The Morgan fingerprint density at radius 3 is 3.10 bits per heavy atom. The summed E-state index contributed by atoms with van der Waals surface area (Å²) in [6.07, 6.45) is 1.90. The summed E-state index contributed by atoms with van der Waals surface area (Å²) in [5.41, 5.74) is 4.43. The van der Waals surface area contributed by atoms with Crippen molar-refractivity contribution in [3.05, 3.63) is 35.1 Å². The highest BCUT2D eigenvalue weighted by molar-refractivity contribution is 5.78. The number of rotatable bonds is 1. The van der Waals surface area contributed by atoms with Gasteiger partial charge in [-0.2, -0.15) is 5.10 Å². The summed E-state index contributed by atoms with van der Waals surface area (Å²) in [5, 5.41) is 11.1. The van der Waals surface area contributed by atoms with Crippen molar-refractivity contribution in [2.24, 2.45) is 0 Å². The monoisotopic (exact) mass is 272 g/mol. The van der Waals surface area contributed by atoms with Gasteiger partial charge >= 0.3 is 0 Å². The van der Waals surface area contributed by atoms with Crippen LogP contribution in [0.15, 0.2) is 18.2 Å². The molecule has 0 amide bonds. The second kappa shape index (κ2) is 4.59. The van der Waals surface area contributed by atoms with Crippen molar-refractivity contribution in [3.8, 4) is 11.3 Å². The standard InChI is InChI=1S/C15H17FN4/c16-11-2-3-12-10(8-11)9-13-14(12)18-19-15(13)20-6-1-4-17-5-7-20/h2-3,8,17H,1,4-7,9H2,(H,18,19). The van der Waals surface area contributed by atoms with Gasteiger partial charge in [-0.25, -0.2) is 4.39 Å². The van der Waals surface area contributed by atoms with Crippen molar-refractivity contribution < 1.29 is 4.39 Å². The zero-order chi connectivity index (χ0) is 13.5. The lowest BCUT2D eigenvalue weighted by molar-refractivity contribution is 0.626. The Morgan fingerprint density at radius 2 is 2.15 bits per heavy atom. The number of aromatic amines is 1. The summed E-state index contributed by atoms with van der Waals surface area (Å²) in [5.74, 6) is 0.877. The van der Waals surface area contributed by atoms with Crippen molar-refractivity contribution in [3.63, 3.8) is 0 Å². The molecule has 4 nitrogen and oxygen atoms in total. The zero-order valence-electron chi connectivity index (χ0n) is 11.2. The molecule has 5 heteroatoms. The lowest BCUT2D eigenvalue weighted by atomic mass is 10.1. The quantitative estimate of drug-likeness (QED) is 0.711. The Hall–Kier alpha value is -1.88. The van der Waals surface area contributed by atoms with Gasteiger partial charge in [0.1, 0.15) is 5.82 Å². The third-order valence-corrected chi connectivity index (χ3v) is 4.19. The Morgan fingerprint density at radius 1 is 1.20 bits per heavy atom. The number of benzene rings is 1. The smallest absolute Gasteiger partial charge is 0.154 e. The van der Waals surface area contributed by atoms with E-state index in [0.29, 0.717) is 0 Å². The van der Waals surface area contributed by atoms with E-state index in [4.69, 9.17) is 0 Å². The van der Waals surface area contributed by atoms with Crippen LogP contribution >= 0.6 is 0 Å². The molecule has 2 heterocycles. The largest absolute Gasteiger partial charge is 0.354 e. The first kappa shape index (κ1) is 11.9.